The molecule has 6 heteroatoms. The van der Waals surface area contributed by atoms with E-state index in [2.05, 4.69) is 20.4 Å². The largest absolute Gasteiger partial charge is 0.411 e. The molecule has 0 aliphatic carbocycles. The molecule has 2 rings (SSSR count). The topological polar surface area (TPSA) is 70.4 Å². The van der Waals surface area contributed by atoms with Gasteiger partial charge in [-0.05, 0) is 5.56 Å². The molecule has 1 aromatic carbocycles. The number of nitrogens with zero attached hydrogens (tertiary/aromatic N) is 3. The first-order valence-corrected chi connectivity index (χ1v) is 5.65. The highest BCUT2D eigenvalue weighted by atomic mass is 35.5. The summed E-state index contributed by atoms with van der Waals surface area (Å²) in [7, 11) is 0. The smallest absolute Gasteiger partial charge is 0.143 e. The summed E-state index contributed by atoms with van der Waals surface area (Å²) in [5, 5.41) is 14.9. The molecule has 0 saturated heterocycles. The van der Waals surface area contributed by atoms with E-state index in [0.29, 0.717) is 17.9 Å². The van der Waals surface area contributed by atoms with Gasteiger partial charge in [0, 0.05) is 6.54 Å². The predicted molar refractivity (Wildman–Crippen MR) is 70.2 cm³/mol. The minimum absolute atomic E-state index is 0.235. The van der Waals surface area contributed by atoms with Crippen LogP contribution in [0.4, 0.5) is 5.82 Å². The quantitative estimate of drug-likeness (QED) is 0.384. The molecule has 1 heterocycles. The molecule has 0 fully saturated rings. The summed E-state index contributed by atoms with van der Waals surface area (Å²) in [4.78, 5) is 7.89. The molecule has 0 spiro atoms. The number of oxime groups is 1. The normalized spacial score (nSPS) is 10.7. The summed E-state index contributed by atoms with van der Waals surface area (Å²) < 4.78 is 0. The molecule has 0 radical (unpaired) electrons. The van der Waals surface area contributed by atoms with Crippen LogP contribution in [0.3, 0.4) is 0 Å². The third-order valence-corrected chi connectivity index (χ3v) is 2.63. The van der Waals surface area contributed by atoms with Crippen molar-refractivity contribution in [3.8, 4) is 0 Å². The molecule has 0 aliphatic rings. The van der Waals surface area contributed by atoms with Crippen LogP contribution in [0.2, 0.25) is 5.15 Å². The zero-order chi connectivity index (χ0) is 12.8. The second kappa shape index (κ2) is 5.97. The zero-order valence-corrected chi connectivity index (χ0v) is 10.2. The van der Waals surface area contributed by atoms with Gasteiger partial charge in [0.1, 0.15) is 17.3 Å². The molecule has 92 valence electrons. The Bertz CT molecular complexity index is 545. The molecule has 2 N–H and O–H groups in total. The molecule has 0 saturated carbocycles. The van der Waals surface area contributed by atoms with Crippen molar-refractivity contribution in [3.63, 3.8) is 0 Å². The minimum atomic E-state index is 0.235. The van der Waals surface area contributed by atoms with Crippen molar-refractivity contribution in [2.45, 2.75) is 6.54 Å². The Morgan fingerprint density at radius 2 is 2.06 bits per heavy atom. The van der Waals surface area contributed by atoms with Crippen LogP contribution in [0.25, 0.3) is 0 Å². The number of halogens is 1. The number of hydrogen-bond acceptors (Lipinski definition) is 5. The van der Waals surface area contributed by atoms with Crippen molar-refractivity contribution >= 4 is 23.6 Å². The average molecular weight is 263 g/mol. The van der Waals surface area contributed by atoms with E-state index < -0.39 is 0 Å². The molecule has 0 aliphatic heterocycles. The molecule has 2 aromatic rings. The van der Waals surface area contributed by atoms with Crippen molar-refractivity contribution in [2.75, 3.05) is 5.32 Å². The Hall–Kier alpha value is -2.14. The zero-order valence-electron chi connectivity index (χ0n) is 9.42. The number of anilines is 1. The summed E-state index contributed by atoms with van der Waals surface area (Å²) in [6.07, 6.45) is 2.56. The van der Waals surface area contributed by atoms with Gasteiger partial charge in [-0.3, -0.25) is 0 Å². The molecule has 0 amide bonds. The third kappa shape index (κ3) is 2.95. The lowest BCUT2D eigenvalue weighted by Crippen LogP contribution is -2.05. The van der Waals surface area contributed by atoms with Gasteiger partial charge in [0.05, 0.1) is 11.8 Å². The summed E-state index contributed by atoms with van der Waals surface area (Å²) >= 11 is 5.90. The fourth-order valence-corrected chi connectivity index (χ4v) is 1.65. The van der Waals surface area contributed by atoms with Gasteiger partial charge < -0.3 is 10.5 Å². The van der Waals surface area contributed by atoms with E-state index in [-0.39, 0.29) is 5.15 Å². The van der Waals surface area contributed by atoms with Crippen LogP contribution in [0.1, 0.15) is 11.1 Å². The maximum atomic E-state index is 8.58. The van der Waals surface area contributed by atoms with E-state index in [1.807, 2.05) is 30.3 Å². The lowest BCUT2D eigenvalue weighted by atomic mass is 10.2. The van der Waals surface area contributed by atoms with E-state index in [1.54, 1.807) is 0 Å². The van der Waals surface area contributed by atoms with Crippen molar-refractivity contribution in [2.24, 2.45) is 5.16 Å². The molecule has 0 bridgehead atoms. The van der Waals surface area contributed by atoms with Crippen molar-refractivity contribution in [1.29, 1.82) is 0 Å². The van der Waals surface area contributed by atoms with Gasteiger partial charge in [-0.25, -0.2) is 9.97 Å². The highest BCUT2D eigenvalue weighted by Gasteiger charge is 2.07. The van der Waals surface area contributed by atoms with Gasteiger partial charge in [0.2, 0.25) is 0 Å². The molecular formula is C12H11ClN4O. The molecule has 5 nitrogen and oxygen atoms in total. The number of rotatable bonds is 4. The first-order chi connectivity index (χ1) is 8.81. The van der Waals surface area contributed by atoms with E-state index in [9.17, 15) is 0 Å². The predicted octanol–water partition coefficient (Wildman–Crippen LogP) is 2.55. The summed E-state index contributed by atoms with van der Waals surface area (Å²) in [5.74, 6) is 0.525. The van der Waals surface area contributed by atoms with Crippen LogP contribution in [-0.2, 0) is 6.54 Å². The molecule has 1 aromatic heterocycles. The van der Waals surface area contributed by atoms with Crippen LogP contribution < -0.4 is 5.32 Å². The van der Waals surface area contributed by atoms with Gasteiger partial charge >= 0.3 is 0 Å². The van der Waals surface area contributed by atoms with Crippen molar-refractivity contribution < 1.29 is 5.21 Å². The summed E-state index contributed by atoms with van der Waals surface area (Å²) in [5.41, 5.74) is 1.57. The maximum Gasteiger partial charge on any atom is 0.143 e. The van der Waals surface area contributed by atoms with E-state index in [0.717, 1.165) is 5.56 Å². The van der Waals surface area contributed by atoms with Crippen LogP contribution in [0.5, 0.6) is 0 Å². The molecule has 18 heavy (non-hydrogen) atoms. The first kappa shape index (κ1) is 12.3. The maximum absolute atomic E-state index is 8.58. The molecule has 0 atom stereocenters. The number of benzene rings is 1. The van der Waals surface area contributed by atoms with Gasteiger partial charge in [-0.15, -0.1) is 0 Å². The standard InChI is InChI=1S/C12H11ClN4O/c13-11-10(7-17-18)12(16-8-15-11)14-6-9-4-2-1-3-5-9/h1-5,7-8,18H,6H2,(H,14,15,16)/b17-7+. The average Bonchev–Trinajstić information content (AvgIpc) is 2.41. The van der Waals surface area contributed by atoms with Crippen molar-refractivity contribution in [3.05, 3.63) is 52.9 Å². The van der Waals surface area contributed by atoms with Crippen molar-refractivity contribution in [1.82, 2.24) is 9.97 Å². The Kier molecular flexibility index (Phi) is 4.09. The lowest BCUT2D eigenvalue weighted by molar-refractivity contribution is 0.322. The lowest BCUT2D eigenvalue weighted by Gasteiger charge is -2.08. The van der Waals surface area contributed by atoms with Crippen LogP contribution in [0, 0.1) is 0 Å². The monoisotopic (exact) mass is 262 g/mol. The molecular weight excluding hydrogens is 252 g/mol. The second-order valence-electron chi connectivity index (χ2n) is 3.51. The first-order valence-electron chi connectivity index (χ1n) is 5.27. The van der Waals surface area contributed by atoms with Crippen LogP contribution >= 0.6 is 11.6 Å². The third-order valence-electron chi connectivity index (χ3n) is 2.32. The second-order valence-corrected chi connectivity index (χ2v) is 3.87. The van der Waals surface area contributed by atoms with Crippen LogP contribution in [0.15, 0.2) is 41.8 Å². The van der Waals surface area contributed by atoms with Gasteiger partial charge in [-0.1, -0.05) is 47.1 Å². The van der Waals surface area contributed by atoms with E-state index in [1.165, 1.54) is 12.5 Å². The van der Waals surface area contributed by atoms with E-state index >= 15 is 0 Å². The number of aromatic nitrogens is 2. The summed E-state index contributed by atoms with van der Waals surface area (Å²) in [6.45, 7) is 0.598. The van der Waals surface area contributed by atoms with Gasteiger partial charge in [0.15, 0.2) is 0 Å². The van der Waals surface area contributed by atoms with E-state index in [4.69, 9.17) is 16.8 Å². The van der Waals surface area contributed by atoms with Crippen LogP contribution in [-0.4, -0.2) is 21.4 Å². The Morgan fingerprint density at radius 3 is 2.78 bits per heavy atom. The highest BCUT2D eigenvalue weighted by Crippen LogP contribution is 2.18. The van der Waals surface area contributed by atoms with Gasteiger partial charge in [-0.2, -0.15) is 0 Å². The fraction of sp³-hybridized carbons (Fsp3) is 0.0833. The minimum Gasteiger partial charge on any atom is -0.411 e. The van der Waals surface area contributed by atoms with Gasteiger partial charge in [0.25, 0.3) is 0 Å². The Balaban J connectivity index is 2.17. The Morgan fingerprint density at radius 1 is 1.28 bits per heavy atom. The number of hydrogen-bond donors (Lipinski definition) is 2. The summed E-state index contributed by atoms with van der Waals surface area (Å²) in [6, 6.07) is 9.86. The number of nitrogens with one attached hydrogen (secondary N) is 1. The highest BCUT2D eigenvalue weighted by molar-refractivity contribution is 6.32. The SMILES string of the molecule is O/N=C/c1c(Cl)ncnc1NCc1ccccc1. The fourth-order valence-electron chi connectivity index (χ4n) is 1.47. The Labute approximate surface area is 109 Å². The molecule has 0 unspecified atom stereocenters.